The van der Waals surface area contributed by atoms with Crippen LogP contribution in [0, 0.1) is 0 Å². The summed E-state index contributed by atoms with van der Waals surface area (Å²) in [6, 6.07) is 7.51. The zero-order chi connectivity index (χ0) is 10.3. The second kappa shape index (κ2) is 2.81. The molecule has 2 aromatic heterocycles. The summed E-state index contributed by atoms with van der Waals surface area (Å²) in [5.74, 6) is 0.463. The number of benzene rings is 1. The van der Waals surface area contributed by atoms with E-state index in [4.69, 9.17) is 5.73 Å². The van der Waals surface area contributed by atoms with Crippen molar-refractivity contribution in [1.82, 2.24) is 25.6 Å². The summed E-state index contributed by atoms with van der Waals surface area (Å²) in [4.78, 5) is 0. The molecule has 0 fully saturated rings. The Balaban J connectivity index is 2.30. The number of hydrogen-bond donors (Lipinski definition) is 3. The van der Waals surface area contributed by atoms with Crippen LogP contribution in [0.3, 0.4) is 0 Å². The smallest absolute Gasteiger partial charge is 0.145 e. The van der Waals surface area contributed by atoms with Crippen LogP contribution < -0.4 is 5.73 Å². The van der Waals surface area contributed by atoms with Crippen LogP contribution in [0.15, 0.2) is 24.3 Å². The molecule has 3 rings (SSSR count). The van der Waals surface area contributed by atoms with E-state index in [1.165, 1.54) is 0 Å². The van der Waals surface area contributed by atoms with Crippen LogP contribution in [0.2, 0.25) is 0 Å². The lowest BCUT2D eigenvalue weighted by Crippen LogP contribution is -1.81. The third-order valence-corrected chi connectivity index (χ3v) is 2.23. The largest absolute Gasteiger partial charge is 0.382 e. The number of nitrogens with one attached hydrogen (secondary N) is 2. The Bertz CT molecular complexity index is 608. The molecule has 15 heavy (non-hydrogen) atoms. The van der Waals surface area contributed by atoms with Gasteiger partial charge in [-0.15, -0.1) is 0 Å². The fourth-order valence-electron chi connectivity index (χ4n) is 1.56. The molecule has 0 aliphatic carbocycles. The Labute approximate surface area is 84.5 Å². The maximum absolute atomic E-state index is 5.55. The first-order chi connectivity index (χ1) is 7.34. The van der Waals surface area contributed by atoms with E-state index in [0.29, 0.717) is 5.82 Å². The van der Waals surface area contributed by atoms with Crippen LogP contribution in [-0.2, 0) is 0 Å². The van der Waals surface area contributed by atoms with Crippen LogP contribution in [-0.4, -0.2) is 25.6 Å². The zero-order valence-electron chi connectivity index (χ0n) is 7.73. The molecule has 0 atom stereocenters. The first-order valence-electron chi connectivity index (χ1n) is 4.45. The number of aromatic amines is 2. The molecular weight excluding hydrogens is 192 g/mol. The third kappa shape index (κ3) is 1.15. The first kappa shape index (κ1) is 7.98. The highest BCUT2D eigenvalue weighted by molar-refractivity contribution is 5.90. The molecule has 0 aliphatic rings. The average Bonchev–Trinajstić information content (AvgIpc) is 2.84. The van der Waals surface area contributed by atoms with Crippen molar-refractivity contribution in [2.24, 2.45) is 0 Å². The summed E-state index contributed by atoms with van der Waals surface area (Å²) in [5.41, 5.74) is 8.95. The minimum atomic E-state index is 0.463. The van der Waals surface area contributed by atoms with Crippen LogP contribution in [0.25, 0.3) is 22.3 Å². The third-order valence-electron chi connectivity index (χ3n) is 2.23. The number of anilines is 1. The molecule has 2 heterocycles. The molecule has 6 nitrogen and oxygen atoms in total. The number of para-hydroxylation sites is 1. The second-order valence-corrected chi connectivity index (χ2v) is 3.20. The van der Waals surface area contributed by atoms with Gasteiger partial charge in [0.15, 0.2) is 0 Å². The summed E-state index contributed by atoms with van der Waals surface area (Å²) >= 11 is 0. The number of nitrogens with two attached hydrogens (primary N) is 1. The zero-order valence-corrected chi connectivity index (χ0v) is 7.73. The van der Waals surface area contributed by atoms with E-state index in [-0.39, 0.29) is 0 Å². The molecule has 0 radical (unpaired) electrons. The van der Waals surface area contributed by atoms with Gasteiger partial charge in [0.2, 0.25) is 0 Å². The molecule has 74 valence electrons. The van der Waals surface area contributed by atoms with Crippen LogP contribution in [0.4, 0.5) is 5.82 Å². The van der Waals surface area contributed by atoms with Crippen LogP contribution in [0.1, 0.15) is 0 Å². The molecule has 0 aliphatic heterocycles. The quantitative estimate of drug-likeness (QED) is 0.544. The number of nitrogens with zero attached hydrogens (tertiary/aromatic N) is 3. The molecule has 0 saturated heterocycles. The maximum atomic E-state index is 5.55. The van der Waals surface area contributed by atoms with Crippen molar-refractivity contribution in [3.05, 3.63) is 24.3 Å². The summed E-state index contributed by atoms with van der Waals surface area (Å²) in [7, 11) is 0. The second-order valence-electron chi connectivity index (χ2n) is 3.20. The Morgan fingerprint density at radius 2 is 2.07 bits per heavy atom. The van der Waals surface area contributed by atoms with Crippen molar-refractivity contribution in [3.63, 3.8) is 0 Å². The predicted octanol–water partition coefficient (Wildman–Crippen LogP) is 0.930. The maximum Gasteiger partial charge on any atom is 0.145 e. The average molecular weight is 200 g/mol. The van der Waals surface area contributed by atoms with Crippen molar-refractivity contribution in [1.29, 1.82) is 0 Å². The highest BCUT2D eigenvalue weighted by atomic mass is 15.3. The van der Waals surface area contributed by atoms with Crippen LogP contribution in [0.5, 0.6) is 0 Å². The normalized spacial score (nSPS) is 10.9. The van der Waals surface area contributed by atoms with Gasteiger partial charge in [0.1, 0.15) is 16.9 Å². The summed E-state index contributed by atoms with van der Waals surface area (Å²) < 4.78 is 0. The van der Waals surface area contributed by atoms with Crippen LogP contribution >= 0.6 is 0 Å². The molecule has 4 N–H and O–H groups in total. The topological polar surface area (TPSA) is 96.3 Å². The number of hydrogen-bond acceptors (Lipinski definition) is 4. The fourth-order valence-corrected chi connectivity index (χ4v) is 1.56. The molecule has 0 unspecified atom stereocenters. The Kier molecular flexibility index (Phi) is 1.49. The highest BCUT2D eigenvalue weighted by Crippen LogP contribution is 2.24. The summed E-state index contributed by atoms with van der Waals surface area (Å²) in [5, 5.41) is 17.4. The Hall–Kier alpha value is -2.37. The van der Waals surface area contributed by atoms with Gasteiger partial charge in [0, 0.05) is 11.6 Å². The Morgan fingerprint density at radius 1 is 1.13 bits per heavy atom. The van der Waals surface area contributed by atoms with Gasteiger partial charge in [-0.2, -0.15) is 20.5 Å². The lowest BCUT2D eigenvalue weighted by atomic mass is 10.1. The van der Waals surface area contributed by atoms with E-state index in [2.05, 4.69) is 25.6 Å². The number of H-pyrrole nitrogens is 2. The van der Waals surface area contributed by atoms with E-state index < -0.39 is 0 Å². The summed E-state index contributed by atoms with van der Waals surface area (Å²) in [6.45, 7) is 0. The lowest BCUT2D eigenvalue weighted by molar-refractivity contribution is 0.959. The minimum Gasteiger partial charge on any atom is -0.382 e. The fraction of sp³-hybridized carbons (Fsp3) is 0. The van der Waals surface area contributed by atoms with E-state index in [9.17, 15) is 0 Å². The molecule has 1 aromatic carbocycles. The number of fused-ring (bicyclic) bond motifs is 1. The van der Waals surface area contributed by atoms with Gasteiger partial charge >= 0.3 is 0 Å². The number of aromatic nitrogens is 5. The van der Waals surface area contributed by atoms with Gasteiger partial charge in [-0.25, -0.2) is 0 Å². The molecule has 0 saturated carbocycles. The van der Waals surface area contributed by atoms with E-state index in [0.717, 1.165) is 22.3 Å². The number of rotatable bonds is 1. The number of nitrogen functional groups attached to an aromatic ring is 1. The van der Waals surface area contributed by atoms with Gasteiger partial charge in [-0.1, -0.05) is 12.1 Å². The van der Waals surface area contributed by atoms with Gasteiger partial charge in [-0.3, -0.25) is 5.10 Å². The SMILES string of the molecule is Nc1cc(-c2cccc3n[nH]nc23)[nH]n1. The molecule has 0 spiro atoms. The first-order valence-corrected chi connectivity index (χ1v) is 4.45. The summed E-state index contributed by atoms with van der Waals surface area (Å²) in [6.07, 6.45) is 0. The Morgan fingerprint density at radius 3 is 2.87 bits per heavy atom. The van der Waals surface area contributed by atoms with E-state index in [1.54, 1.807) is 6.07 Å². The van der Waals surface area contributed by atoms with Gasteiger partial charge in [-0.05, 0) is 6.07 Å². The van der Waals surface area contributed by atoms with Crippen molar-refractivity contribution in [2.45, 2.75) is 0 Å². The van der Waals surface area contributed by atoms with Crippen molar-refractivity contribution in [3.8, 4) is 11.3 Å². The van der Waals surface area contributed by atoms with Crippen molar-refractivity contribution < 1.29 is 0 Å². The molecule has 6 heteroatoms. The van der Waals surface area contributed by atoms with Gasteiger partial charge in [0.25, 0.3) is 0 Å². The van der Waals surface area contributed by atoms with Gasteiger partial charge in [0.05, 0.1) is 5.69 Å². The highest BCUT2D eigenvalue weighted by Gasteiger charge is 2.08. The van der Waals surface area contributed by atoms with Crippen molar-refractivity contribution >= 4 is 16.9 Å². The monoisotopic (exact) mass is 200 g/mol. The van der Waals surface area contributed by atoms with Gasteiger partial charge < -0.3 is 5.73 Å². The standard InChI is InChI=1S/C9H8N6/c10-8-4-7(11-13-8)5-2-1-3-6-9(5)14-15-12-6/h1-4H,(H3,10,11,13)(H,12,14,15). The minimum absolute atomic E-state index is 0.463. The van der Waals surface area contributed by atoms with Crippen molar-refractivity contribution in [2.75, 3.05) is 5.73 Å². The van der Waals surface area contributed by atoms with E-state index in [1.807, 2.05) is 18.2 Å². The predicted molar refractivity (Wildman–Crippen MR) is 55.9 cm³/mol. The lowest BCUT2D eigenvalue weighted by Gasteiger charge is -1.96. The van der Waals surface area contributed by atoms with E-state index >= 15 is 0 Å². The molecule has 3 aromatic rings. The molecule has 0 bridgehead atoms. The molecular formula is C9H8N6. The molecule has 0 amide bonds.